The van der Waals surface area contributed by atoms with Crippen molar-refractivity contribution in [3.8, 4) is 0 Å². The monoisotopic (exact) mass is 1140 g/mol. The Morgan fingerprint density at radius 1 is 0.364 bits per heavy atom. The summed E-state index contributed by atoms with van der Waals surface area (Å²) in [7, 11) is 0. The summed E-state index contributed by atoms with van der Waals surface area (Å²) >= 11 is 4.50. The molecule has 0 fully saturated rings. The van der Waals surface area contributed by atoms with Crippen LogP contribution in [0.5, 0.6) is 0 Å². The van der Waals surface area contributed by atoms with Crippen LogP contribution in [0.4, 0.5) is 105 Å². The van der Waals surface area contributed by atoms with E-state index in [4.69, 9.17) is 0 Å². The van der Waals surface area contributed by atoms with Gasteiger partial charge in [-0.2, -0.15) is 132 Å². The summed E-state index contributed by atoms with van der Waals surface area (Å²) in [5.74, 6) is 0.0959. The number of hydrogen-bond acceptors (Lipinski definition) is 2. The maximum atomic E-state index is 14.2. The fourth-order valence-corrected chi connectivity index (χ4v) is 8.68. The number of aromatic nitrogens is 1. The molecule has 28 heteroatoms. The van der Waals surface area contributed by atoms with Gasteiger partial charge in [0.15, 0.2) is 12.4 Å². The van der Waals surface area contributed by atoms with E-state index in [9.17, 15) is 110 Å². The molecule has 77 heavy (non-hydrogen) atoms. The molecular weight excluding hydrogens is 1120 g/mol. The highest BCUT2D eigenvalue weighted by Gasteiger charge is 2.47. The van der Waals surface area contributed by atoms with Crippen molar-refractivity contribution in [1.82, 2.24) is 0 Å². The lowest BCUT2D eigenvalue weighted by molar-refractivity contribution is -0.683. The number of carbonyl (C=O) groups excluding carboxylic acids is 1. The third-order valence-corrected chi connectivity index (χ3v) is 12.0. The molecule has 1 heterocycles. The van der Waals surface area contributed by atoms with Crippen molar-refractivity contribution in [3.63, 3.8) is 0 Å². The maximum Gasteiger partial charge on any atom is 0.416 e. The fraction of sp³-hybridized carbons (Fsp3) is 0.184. The minimum absolute atomic E-state index is 0.0959. The van der Waals surface area contributed by atoms with Gasteiger partial charge in [-0.3, -0.25) is 4.79 Å². The number of alkyl halides is 24. The third kappa shape index (κ3) is 13.5. The number of pyridine rings is 1. The van der Waals surface area contributed by atoms with E-state index in [1.165, 1.54) is 0 Å². The number of halogens is 24. The summed E-state index contributed by atoms with van der Waals surface area (Å²) in [6.07, 6.45) is -50.9. The second-order valence-electron chi connectivity index (χ2n) is 16.9. The van der Waals surface area contributed by atoms with Gasteiger partial charge in [-0.25, -0.2) is 0 Å². The standard InChI is InChI=1S/C32H12BF24.C17H13NOS/c34-25(35,36)13-1-14(26(37,38)39)6-21(5-13)33(22-7-15(27(40,41)42)2-16(8-22)28(43,44)45,23-9-17(29(46,47)48)3-18(10-23)30(49,50)51)24-11-19(31(52,53)54)4-20(12-24)32(55,56)57;19-16(13-6-2-1-3-7-13)11-18-10-14-8-4-5-9-15(14)17(20)12-18/h1-12H;1-10,12H,11H2/q-1;/p+1. The Morgan fingerprint density at radius 3 is 0.896 bits per heavy atom. The summed E-state index contributed by atoms with van der Waals surface area (Å²) in [5, 5.41) is 2.18. The molecule has 0 aliphatic rings. The zero-order chi connectivity index (χ0) is 57.9. The zero-order valence-corrected chi connectivity index (χ0v) is 38.3. The Balaban J connectivity index is 0.000000397. The van der Waals surface area contributed by atoms with E-state index in [-0.39, 0.29) is 5.78 Å². The average Bonchev–Trinajstić information content (AvgIpc) is 3.30. The zero-order valence-electron chi connectivity index (χ0n) is 37.4. The number of carbonyl (C=O) groups is 1. The number of benzene rings is 6. The molecule has 0 spiro atoms. The number of fused-ring (bicyclic) bond motifs is 1. The van der Waals surface area contributed by atoms with Crippen LogP contribution in [-0.4, -0.2) is 11.9 Å². The van der Waals surface area contributed by atoms with Gasteiger partial charge < -0.3 is 0 Å². The van der Waals surface area contributed by atoms with E-state index in [2.05, 4.69) is 12.6 Å². The average molecular weight is 1140 g/mol. The van der Waals surface area contributed by atoms with E-state index in [1.54, 1.807) is 0 Å². The van der Waals surface area contributed by atoms with E-state index in [0.717, 1.165) is 21.2 Å². The van der Waals surface area contributed by atoms with Gasteiger partial charge in [0.05, 0.1) is 49.4 Å². The number of hydrogen-bond donors (Lipinski definition) is 1. The van der Waals surface area contributed by atoms with Crippen molar-refractivity contribution in [2.45, 2.75) is 60.9 Å². The number of ketones is 1. The minimum Gasteiger partial charge on any atom is -0.287 e. The van der Waals surface area contributed by atoms with Crippen molar-refractivity contribution in [3.05, 3.63) is 190 Å². The first kappa shape index (κ1) is 59.4. The van der Waals surface area contributed by atoms with Crippen molar-refractivity contribution < 1.29 is 115 Å². The van der Waals surface area contributed by atoms with E-state index in [0.29, 0.717) is 6.54 Å². The number of thiol groups is 1. The molecule has 7 aromatic rings. The Morgan fingerprint density at radius 2 is 0.623 bits per heavy atom. The molecule has 0 saturated heterocycles. The molecule has 7 rings (SSSR count). The molecule has 0 amide bonds. The summed E-state index contributed by atoms with van der Waals surface area (Å²) in [6.45, 7) is 0.322. The Kier molecular flexibility index (Phi) is 15.8. The molecule has 0 aliphatic carbocycles. The second kappa shape index (κ2) is 20.5. The highest BCUT2D eigenvalue weighted by atomic mass is 32.1. The minimum atomic E-state index is -6.13. The highest BCUT2D eigenvalue weighted by Crippen LogP contribution is 2.41. The molecule has 0 unspecified atom stereocenters. The van der Waals surface area contributed by atoms with Crippen LogP contribution in [0.15, 0.2) is 145 Å². The van der Waals surface area contributed by atoms with Gasteiger partial charge in [0.25, 0.3) is 0 Å². The van der Waals surface area contributed by atoms with Crippen molar-refractivity contribution in [1.29, 1.82) is 0 Å². The molecule has 2 nitrogen and oxygen atoms in total. The fourth-order valence-electron chi connectivity index (χ4n) is 8.33. The topological polar surface area (TPSA) is 20.9 Å². The first-order valence-corrected chi connectivity index (χ1v) is 21.5. The summed E-state index contributed by atoms with van der Waals surface area (Å²) < 4.78 is 343. The molecule has 0 aliphatic heterocycles. The van der Waals surface area contributed by atoms with E-state index in [1.807, 2.05) is 71.6 Å². The van der Waals surface area contributed by atoms with Gasteiger partial charge in [-0.15, -0.1) is 12.6 Å². The lowest BCUT2D eigenvalue weighted by Crippen LogP contribution is -2.75. The predicted molar refractivity (Wildman–Crippen MR) is 232 cm³/mol. The lowest BCUT2D eigenvalue weighted by Gasteiger charge is -2.46. The van der Waals surface area contributed by atoms with Crippen LogP contribution in [0.1, 0.15) is 54.9 Å². The van der Waals surface area contributed by atoms with Crippen LogP contribution in [-0.2, 0) is 56.0 Å². The number of rotatable bonds is 7. The molecule has 0 atom stereocenters. The van der Waals surface area contributed by atoms with Crippen molar-refractivity contribution >= 4 is 57.2 Å². The molecule has 410 valence electrons. The van der Waals surface area contributed by atoms with Crippen molar-refractivity contribution in [2.75, 3.05) is 0 Å². The largest absolute Gasteiger partial charge is 0.416 e. The van der Waals surface area contributed by atoms with Crippen LogP contribution in [0, 0.1) is 0 Å². The number of nitrogens with zero attached hydrogens (tertiary/aromatic N) is 1. The van der Waals surface area contributed by atoms with Crippen LogP contribution in [0.25, 0.3) is 10.8 Å². The summed E-state index contributed by atoms with van der Waals surface area (Å²) in [4.78, 5) is 13.1. The van der Waals surface area contributed by atoms with Gasteiger partial charge >= 0.3 is 49.4 Å². The van der Waals surface area contributed by atoms with Gasteiger partial charge in [-0.05, 0) is 30.3 Å². The quantitative estimate of drug-likeness (QED) is 0.0555. The van der Waals surface area contributed by atoms with Gasteiger partial charge in [0, 0.05) is 16.3 Å². The van der Waals surface area contributed by atoms with Crippen LogP contribution in [0.2, 0.25) is 0 Å². The molecular formula is C49H26BF24NOS. The first-order valence-electron chi connectivity index (χ1n) is 21.0. The Labute approximate surface area is 421 Å². The van der Waals surface area contributed by atoms with Gasteiger partial charge in [0.2, 0.25) is 12.3 Å². The molecule has 0 saturated carbocycles. The summed E-state index contributed by atoms with van der Waals surface area (Å²) in [6, 6.07) is 8.56. The van der Waals surface area contributed by atoms with Crippen LogP contribution < -0.4 is 26.4 Å². The molecule has 0 bridgehead atoms. The number of Topliss-reactive ketones (excluding diaryl/α,β-unsaturated/α-hetero) is 1. The van der Waals surface area contributed by atoms with Gasteiger partial charge in [0.1, 0.15) is 6.15 Å². The first-order chi connectivity index (χ1) is 35.0. The third-order valence-electron chi connectivity index (χ3n) is 11.7. The SMILES string of the molecule is FC(F)(F)c1cc([B-](c2cc(C(F)(F)F)cc(C(F)(F)F)c2)(c2cc(C(F)(F)F)cc(C(F)(F)F)c2)c2cc(C(F)(F)F)cc(C(F)(F)F)c2)cc(C(F)(F)F)c1.O=C(C[n+]1cc(S)c2ccccc2c1)c1ccccc1. The van der Waals surface area contributed by atoms with Crippen molar-refractivity contribution in [2.24, 2.45) is 0 Å². The lowest BCUT2D eigenvalue weighted by atomic mass is 9.12. The van der Waals surface area contributed by atoms with Gasteiger partial charge in [-0.1, -0.05) is 97.1 Å². The molecule has 0 radical (unpaired) electrons. The molecule has 1 aromatic heterocycles. The predicted octanol–water partition coefficient (Wildman–Crippen LogP) is 14.5. The molecule has 6 aromatic carbocycles. The molecule has 0 N–H and O–H groups in total. The smallest absolute Gasteiger partial charge is 0.287 e. The maximum absolute atomic E-state index is 14.2. The van der Waals surface area contributed by atoms with Crippen LogP contribution in [0.3, 0.4) is 0 Å². The van der Waals surface area contributed by atoms with E-state index < -0.39 is 195 Å². The highest BCUT2D eigenvalue weighted by molar-refractivity contribution is 7.80. The van der Waals surface area contributed by atoms with E-state index >= 15 is 0 Å². The summed E-state index contributed by atoms with van der Waals surface area (Å²) in [5.41, 5.74) is -29.5. The van der Waals surface area contributed by atoms with Crippen LogP contribution >= 0.6 is 12.6 Å². The Hall–Kier alpha value is -6.87. The Bertz CT molecular complexity index is 2870. The second-order valence-corrected chi connectivity index (χ2v) is 17.4. The normalized spacial score (nSPS) is 13.4.